The molecule has 1 aliphatic rings. The first-order chi connectivity index (χ1) is 12.9. The zero-order chi connectivity index (χ0) is 20.7. The van der Waals surface area contributed by atoms with Gasteiger partial charge in [-0.1, -0.05) is 30.3 Å². The normalized spacial score (nSPS) is 18.4. The summed E-state index contributed by atoms with van der Waals surface area (Å²) in [6, 6.07) is 12.4. The Morgan fingerprint density at radius 2 is 1.43 bits per heavy atom. The van der Waals surface area contributed by atoms with Gasteiger partial charge in [-0.25, -0.2) is 13.1 Å². The van der Waals surface area contributed by atoms with Crippen molar-refractivity contribution in [1.82, 2.24) is 4.72 Å². The van der Waals surface area contributed by atoms with E-state index in [0.29, 0.717) is 0 Å². The standard InChI is InChI=1S/C21H28BNO4S/c1-15-12-17(22-26-20(3,4)21(5,6)27-22)13-16(2)19(15)14-23-28(24,25)18-10-8-7-9-11-18/h7-13,23H,14H2,1-6H3. The predicted molar refractivity (Wildman–Crippen MR) is 112 cm³/mol. The number of benzene rings is 2. The highest BCUT2D eigenvalue weighted by atomic mass is 32.2. The number of rotatable bonds is 5. The van der Waals surface area contributed by atoms with Crippen molar-refractivity contribution in [2.24, 2.45) is 0 Å². The van der Waals surface area contributed by atoms with E-state index in [1.54, 1.807) is 30.3 Å². The molecule has 5 nitrogen and oxygen atoms in total. The Balaban J connectivity index is 1.80. The average molecular weight is 401 g/mol. The number of nitrogens with one attached hydrogen (secondary N) is 1. The molecule has 1 saturated heterocycles. The fourth-order valence-electron chi connectivity index (χ4n) is 3.27. The highest BCUT2D eigenvalue weighted by Gasteiger charge is 2.51. The summed E-state index contributed by atoms with van der Waals surface area (Å²) in [6.07, 6.45) is 0. The van der Waals surface area contributed by atoms with Gasteiger partial charge in [0.25, 0.3) is 0 Å². The lowest BCUT2D eigenvalue weighted by Gasteiger charge is -2.32. The highest BCUT2D eigenvalue weighted by Crippen LogP contribution is 2.36. The van der Waals surface area contributed by atoms with Crippen molar-refractivity contribution >= 4 is 22.6 Å². The molecule has 0 atom stereocenters. The van der Waals surface area contributed by atoms with E-state index in [2.05, 4.69) is 4.72 Å². The molecule has 1 fully saturated rings. The second-order valence-electron chi connectivity index (χ2n) is 8.36. The molecule has 1 N–H and O–H groups in total. The van der Waals surface area contributed by atoms with Crippen molar-refractivity contribution in [1.29, 1.82) is 0 Å². The number of sulfonamides is 1. The maximum atomic E-state index is 12.5. The first-order valence-electron chi connectivity index (χ1n) is 9.43. The summed E-state index contributed by atoms with van der Waals surface area (Å²) < 4.78 is 40.0. The van der Waals surface area contributed by atoms with E-state index in [-0.39, 0.29) is 11.4 Å². The molecule has 0 radical (unpaired) electrons. The second-order valence-corrected chi connectivity index (χ2v) is 10.1. The van der Waals surface area contributed by atoms with E-state index in [9.17, 15) is 8.42 Å². The van der Waals surface area contributed by atoms with Gasteiger partial charge >= 0.3 is 7.12 Å². The lowest BCUT2D eigenvalue weighted by atomic mass is 9.76. The van der Waals surface area contributed by atoms with Crippen LogP contribution in [0.3, 0.4) is 0 Å². The van der Waals surface area contributed by atoms with E-state index in [0.717, 1.165) is 22.2 Å². The van der Waals surface area contributed by atoms with E-state index in [1.807, 2.05) is 53.7 Å². The van der Waals surface area contributed by atoms with Gasteiger partial charge in [0.2, 0.25) is 10.0 Å². The maximum Gasteiger partial charge on any atom is 0.494 e. The molecule has 2 aromatic carbocycles. The highest BCUT2D eigenvalue weighted by molar-refractivity contribution is 7.89. The molecular weight excluding hydrogens is 373 g/mol. The minimum Gasteiger partial charge on any atom is -0.399 e. The molecular formula is C21H28BNO4S. The average Bonchev–Trinajstić information content (AvgIpc) is 2.82. The summed E-state index contributed by atoms with van der Waals surface area (Å²) in [7, 11) is -3.98. The van der Waals surface area contributed by atoms with Crippen LogP contribution in [-0.2, 0) is 25.9 Å². The largest absolute Gasteiger partial charge is 0.494 e. The Hall–Kier alpha value is -1.67. The van der Waals surface area contributed by atoms with Crippen LogP contribution < -0.4 is 10.2 Å². The first kappa shape index (κ1) is 21.1. The summed E-state index contributed by atoms with van der Waals surface area (Å²) in [4.78, 5) is 0.263. The van der Waals surface area contributed by atoms with Crippen LogP contribution in [-0.4, -0.2) is 26.7 Å². The summed E-state index contributed by atoms with van der Waals surface area (Å²) in [6.45, 7) is 12.3. The van der Waals surface area contributed by atoms with Crippen molar-refractivity contribution < 1.29 is 17.7 Å². The van der Waals surface area contributed by atoms with Gasteiger partial charge in [0.05, 0.1) is 16.1 Å². The predicted octanol–water partition coefficient (Wildman–Crippen LogP) is 3.08. The van der Waals surface area contributed by atoms with Gasteiger partial charge in [-0.3, -0.25) is 0 Å². The Kier molecular flexibility index (Phi) is 5.49. The van der Waals surface area contributed by atoms with E-state index in [4.69, 9.17) is 9.31 Å². The van der Waals surface area contributed by atoms with Crippen LogP contribution in [0.15, 0.2) is 47.4 Å². The van der Waals surface area contributed by atoms with Crippen LogP contribution in [0.2, 0.25) is 0 Å². The molecule has 7 heteroatoms. The molecule has 3 rings (SSSR count). The number of hydrogen-bond acceptors (Lipinski definition) is 4. The van der Waals surface area contributed by atoms with Crippen molar-refractivity contribution in [3.63, 3.8) is 0 Å². The third-order valence-corrected chi connectivity index (χ3v) is 7.15. The van der Waals surface area contributed by atoms with Crippen molar-refractivity contribution in [3.8, 4) is 0 Å². The van der Waals surface area contributed by atoms with E-state index >= 15 is 0 Å². The number of aryl methyl sites for hydroxylation is 2. The van der Waals surface area contributed by atoms with Gasteiger partial charge in [-0.2, -0.15) is 0 Å². The molecule has 0 saturated carbocycles. The molecule has 0 unspecified atom stereocenters. The molecule has 0 amide bonds. The summed E-state index contributed by atoms with van der Waals surface area (Å²) in [5.74, 6) is 0. The lowest BCUT2D eigenvalue weighted by molar-refractivity contribution is 0.00578. The summed E-state index contributed by atoms with van der Waals surface area (Å²) in [5, 5.41) is 0. The quantitative estimate of drug-likeness (QED) is 0.783. The van der Waals surface area contributed by atoms with Crippen LogP contribution in [0.4, 0.5) is 0 Å². The Labute approximate surface area is 168 Å². The molecule has 150 valence electrons. The monoisotopic (exact) mass is 401 g/mol. The van der Waals surface area contributed by atoms with Crippen molar-refractivity contribution in [2.45, 2.75) is 64.2 Å². The molecule has 1 heterocycles. The molecule has 1 aliphatic heterocycles. The fraction of sp³-hybridized carbons (Fsp3) is 0.429. The topological polar surface area (TPSA) is 64.6 Å². The minimum absolute atomic E-state index is 0.235. The third kappa shape index (κ3) is 4.03. The minimum atomic E-state index is -3.55. The smallest absolute Gasteiger partial charge is 0.399 e. The van der Waals surface area contributed by atoms with Gasteiger partial charge < -0.3 is 9.31 Å². The van der Waals surface area contributed by atoms with Gasteiger partial charge in [0, 0.05) is 6.54 Å². The molecule has 0 aliphatic carbocycles. The third-order valence-electron chi connectivity index (χ3n) is 5.74. The van der Waals surface area contributed by atoms with Crippen LogP contribution in [0, 0.1) is 13.8 Å². The molecule has 0 bridgehead atoms. The van der Waals surface area contributed by atoms with E-state index < -0.39 is 28.3 Å². The van der Waals surface area contributed by atoms with Gasteiger partial charge in [-0.15, -0.1) is 0 Å². The summed E-state index contributed by atoms with van der Waals surface area (Å²) in [5.41, 5.74) is 3.11. The van der Waals surface area contributed by atoms with E-state index in [1.165, 1.54) is 0 Å². The van der Waals surface area contributed by atoms with Crippen molar-refractivity contribution in [3.05, 3.63) is 59.2 Å². The maximum absolute atomic E-state index is 12.5. The lowest BCUT2D eigenvalue weighted by Crippen LogP contribution is -2.41. The SMILES string of the molecule is Cc1cc(B2OC(C)(C)C(C)(C)O2)cc(C)c1CNS(=O)(=O)c1ccccc1. The second kappa shape index (κ2) is 7.30. The Morgan fingerprint density at radius 3 is 1.93 bits per heavy atom. The summed E-state index contributed by atoms with van der Waals surface area (Å²) >= 11 is 0. The fourth-order valence-corrected chi connectivity index (χ4v) is 4.29. The Bertz CT molecular complexity index is 932. The number of hydrogen-bond donors (Lipinski definition) is 1. The van der Waals surface area contributed by atoms with Crippen LogP contribution in [0.5, 0.6) is 0 Å². The van der Waals surface area contributed by atoms with Gasteiger partial charge in [-0.05, 0) is 75.8 Å². The Morgan fingerprint density at radius 1 is 0.929 bits per heavy atom. The molecule has 0 aromatic heterocycles. The van der Waals surface area contributed by atoms with Gasteiger partial charge in [0.1, 0.15) is 0 Å². The zero-order valence-electron chi connectivity index (χ0n) is 17.4. The zero-order valence-corrected chi connectivity index (χ0v) is 18.2. The van der Waals surface area contributed by atoms with Crippen LogP contribution in [0.25, 0.3) is 0 Å². The van der Waals surface area contributed by atoms with Crippen LogP contribution in [0.1, 0.15) is 44.4 Å². The first-order valence-corrected chi connectivity index (χ1v) is 10.9. The van der Waals surface area contributed by atoms with Crippen molar-refractivity contribution in [2.75, 3.05) is 0 Å². The molecule has 0 spiro atoms. The van der Waals surface area contributed by atoms with Crippen LogP contribution >= 0.6 is 0 Å². The van der Waals surface area contributed by atoms with Gasteiger partial charge in [0.15, 0.2) is 0 Å². The molecule has 2 aromatic rings. The molecule has 28 heavy (non-hydrogen) atoms.